The fourth-order valence-corrected chi connectivity index (χ4v) is 2.83. The van der Waals surface area contributed by atoms with Gasteiger partial charge in [-0.15, -0.1) is 0 Å². The summed E-state index contributed by atoms with van der Waals surface area (Å²) in [5.74, 6) is -0.00866. The van der Waals surface area contributed by atoms with Gasteiger partial charge in [0.25, 0.3) is 5.91 Å². The molecule has 0 saturated carbocycles. The summed E-state index contributed by atoms with van der Waals surface area (Å²) in [6, 6.07) is 3.99. The second-order valence-electron chi connectivity index (χ2n) is 5.67. The van der Waals surface area contributed by atoms with Crippen LogP contribution < -0.4 is 5.32 Å². The van der Waals surface area contributed by atoms with E-state index in [9.17, 15) is 4.79 Å². The Labute approximate surface area is 129 Å². The van der Waals surface area contributed by atoms with E-state index in [-0.39, 0.29) is 11.9 Å². The minimum atomic E-state index is -0.00866. The molecule has 1 fully saturated rings. The van der Waals surface area contributed by atoms with E-state index in [4.69, 9.17) is 0 Å². The molecule has 0 aliphatic carbocycles. The third kappa shape index (κ3) is 3.17. The zero-order chi connectivity index (χ0) is 15.4. The molecule has 0 radical (unpaired) electrons. The van der Waals surface area contributed by atoms with Crippen LogP contribution in [0.2, 0.25) is 0 Å². The van der Waals surface area contributed by atoms with E-state index in [1.807, 2.05) is 24.2 Å². The Bertz CT molecular complexity index is 600. The van der Waals surface area contributed by atoms with Crippen molar-refractivity contribution in [3.05, 3.63) is 36.4 Å². The molecule has 6 heteroatoms. The van der Waals surface area contributed by atoms with Gasteiger partial charge in [0.2, 0.25) is 0 Å². The van der Waals surface area contributed by atoms with E-state index in [2.05, 4.69) is 20.5 Å². The highest BCUT2D eigenvalue weighted by atomic mass is 16.2. The number of amides is 1. The first kappa shape index (κ1) is 14.7. The van der Waals surface area contributed by atoms with E-state index in [1.54, 1.807) is 18.5 Å². The monoisotopic (exact) mass is 299 g/mol. The first-order valence-corrected chi connectivity index (χ1v) is 7.69. The molecule has 116 valence electrons. The summed E-state index contributed by atoms with van der Waals surface area (Å²) in [7, 11) is 1.88. The van der Waals surface area contributed by atoms with Gasteiger partial charge in [-0.3, -0.25) is 14.9 Å². The van der Waals surface area contributed by atoms with E-state index in [0.29, 0.717) is 5.69 Å². The second kappa shape index (κ2) is 6.70. The molecule has 6 nitrogen and oxygen atoms in total. The summed E-state index contributed by atoms with van der Waals surface area (Å²) in [6.07, 6.45) is 8.42. The normalized spacial score (nSPS) is 18.7. The maximum absolute atomic E-state index is 12.6. The molecular weight excluding hydrogens is 278 g/mol. The maximum Gasteiger partial charge on any atom is 0.272 e. The summed E-state index contributed by atoms with van der Waals surface area (Å²) in [5.41, 5.74) is 2.41. The van der Waals surface area contributed by atoms with Crippen LogP contribution in [0.3, 0.4) is 0 Å². The molecular formula is C16H21N5O. The van der Waals surface area contributed by atoms with Crippen molar-refractivity contribution in [3.8, 4) is 11.1 Å². The number of carbonyl (C=O) groups excluding carboxylic acids is 1. The van der Waals surface area contributed by atoms with Gasteiger partial charge in [0.15, 0.2) is 0 Å². The second-order valence-corrected chi connectivity index (χ2v) is 5.67. The smallest absolute Gasteiger partial charge is 0.272 e. The number of nitrogens with zero attached hydrogens (tertiary/aromatic N) is 3. The average Bonchev–Trinajstić information content (AvgIpc) is 2.96. The summed E-state index contributed by atoms with van der Waals surface area (Å²) < 4.78 is 0. The van der Waals surface area contributed by atoms with Crippen LogP contribution in [-0.4, -0.2) is 52.2 Å². The largest absolute Gasteiger partial charge is 0.337 e. The predicted octanol–water partition coefficient (Wildman–Crippen LogP) is 1.69. The first-order valence-electron chi connectivity index (χ1n) is 7.69. The number of rotatable bonds is 3. The van der Waals surface area contributed by atoms with Crippen molar-refractivity contribution in [1.82, 2.24) is 25.4 Å². The lowest BCUT2D eigenvalue weighted by Gasteiger charge is -2.26. The maximum atomic E-state index is 12.6. The van der Waals surface area contributed by atoms with Gasteiger partial charge in [-0.1, -0.05) is 6.07 Å². The third-order valence-electron chi connectivity index (χ3n) is 4.23. The van der Waals surface area contributed by atoms with Crippen LogP contribution in [0.15, 0.2) is 30.7 Å². The van der Waals surface area contributed by atoms with Crippen LogP contribution in [0, 0.1) is 0 Å². The highest BCUT2D eigenvalue weighted by Crippen LogP contribution is 2.18. The van der Waals surface area contributed by atoms with Gasteiger partial charge in [-0.2, -0.15) is 5.10 Å². The van der Waals surface area contributed by atoms with Crippen LogP contribution in [-0.2, 0) is 0 Å². The van der Waals surface area contributed by atoms with E-state index >= 15 is 0 Å². The molecule has 1 amide bonds. The van der Waals surface area contributed by atoms with Crippen molar-refractivity contribution >= 4 is 5.91 Å². The van der Waals surface area contributed by atoms with Gasteiger partial charge >= 0.3 is 0 Å². The molecule has 0 aromatic carbocycles. The fourth-order valence-electron chi connectivity index (χ4n) is 2.83. The molecule has 3 heterocycles. The lowest BCUT2D eigenvalue weighted by molar-refractivity contribution is 0.0714. The van der Waals surface area contributed by atoms with Gasteiger partial charge in [-0.25, -0.2) is 0 Å². The Balaban J connectivity index is 1.71. The number of carbonyl (C=O) groups is 1. The first-order chi connectivity index (χ1) is 10.8. The summed E-state index contributed by atoms with van der Waals surface area (Å²) >= 11 is 0. The van der Waals surface area contributed by atoms with E-state index in [1.165, 1.54) is 0 Å². The Hall–Kier alpha value is -2.21. The SMILES string of the molecule is CN(C(=O)c1ccc(-c2cn[nH]c2)cn1)C1CCCNCC1. The van der Waals surface area contributed by atoms with Crippen LogP contribution in [0.4, 0.5) is 0 Å². The number of hydrogen-bond donors (Lipinski definition) is 2. The predicted molar refractivity (Wildman–Crippen MR) is 84.4 cm³/mol. The van der Waals surface area contributed by atoms with Crippen molar-refractivity contribution in [1.29, 1.82) is 0 Å². The Morgan fingerprint density at radius 2 is 2.14 bits per heavy atom. The highest BCUT2D eigenvalue weighted by Gasteiger charge is 2.22. The van der Waals surface area contributed by atoms with Crippen molar-refractivity contribution < 1.29 is 4.79 Å². The van der Waals surface area contributed by atoms with Gasteiger partial charge in [0.05, 0.1) is 6.20 Å². The minimum Gasteiger partial charge on any atom is -0.337 e. The number of aromatic nitrogens is 3. The number of aromatic amines is 1. The summed E-state index contributed by atoms with van der Waals surface area (Å²) in [4.78, 5) is 18.7. The van der Waals surface area contributed by atoms with Crippen LogP contribution in [0.1, 0.15) is 29.8 Å². The molecule has 2 aromatic rings. The molecule has 1 unspecified atom stereocenters. The lowest BCUT2D eigenvalue weighted by atomic mass is 10.1. The summed E-state index contributed by atoms with van der Waals surface area (Å²) in [6.45, 7) is 2.01. The molecule has 1 atom stereocenters. The minimum absolute atomic E-state index is 0.00866. The molecule has 2 N–H and O–H groups in total. The molecule has 1 saturated heterocycles. The molecule has 1 aliphatic rings. The zero-order valence-corrected chi connectivity index (χ0v) is 12.7. The molecule has 3 rings (SSSR count). The van der Waals surface area contributed by atoms with Crippen molar-refractivity contribution in [2.75, 3.05) is 20.1 Å². The van der Waals surface area contributed by atoms with Gasteiger partial charge in [-0.05, 0) is 38.4 Å². The van der Waals surface area contributed by atoms with Gasteiger partial charge in [0, 0.05) is 36.6 Å². The topological polar surface area (TPSA) is 73.9 Å². The highest BCUT2D eigenvalue weighted by molar-refractivity contribution is 5.92. The number of hydrogen-bond acceptors (Lipinski definition) is 4. The van der Waals surface area contributed by atoms with Gasteiger partial charge in [0.1, 0.15) is 5.69 Å². The number of pyridine rings is 1. The van der Waals surface area contributed by atoms with Crippen LogP contribution >= 0.6 is 0 Å². The average molecular weight is 299 g/mol. The molecule has 0 bridgehead atoms. The standard InChI is InChI=1S/C16H21N5O/c1-21(14-3-2-7-17-8-6-14)16(22)15-5-4-12(9-18-15)13-10-19-20-11-13/h4-5,9-11,14,17H,2-3,6-8H2,1H3,(H,19,20). The molecule has 0 spiro atoms. The molecule has 22 heavy (non-hydrogen) atoms. The van der Waals surface area contributed by atoms with Gasteiger partial charge < -0.3 is 10.2 Å². The lowest BCUT2D eigenvalue weighted by Crippen LogP contribution is -2.38. The summed E-state index contributed by atoms with van der Waals surface area (Å²) in [5, 5.41) is 10.1. The van der Waals surface area contributed by atoms with Crippen LogP contribution in [0.5, 0.6) is 0 Å². The van der Waals surface area contributed by atoms with Crippen molar-refractivity contribution in [2.45, 2.75) is 25.3 Å². The van der Waals surface area contributed by atoms with Crippen molar-refractivity contribution in [3.63, 3.8) is 0 Å². The zero-order valence-electron chi connectivity index (χ0n) is 12.7. The van der Waals surface area contributed by atoms with E-state index < -0.39 is 0 Å². The third-order valence-corrected chi connectivity index (χ3v) is 4.23. The number of H-pyrrole nitrogens is 1. The number of nitrogens with one attached hydrogen (secondary N) is 2. The fraction of sp³-hybridized carbons (Fsp3) is 0.438. The van der Waals surface area contributed by atoms with Crippen LogP contribution in [0.25, 0.3) is 11.1 Å². The quantitative estimate of drug-likeness (QED) is 0.904. The Morgan fingerprint density at radius 3 is 2.86 bits per heavy atom. The van der Waals surface area contributed by atoms with E-state index in [0.717, 1.165) is 43.5 Å². The van der Waals surface area contributed by atoms with Crippen molar-refractivity contribution in [2.24, 2.45) is 0 Å². The Morgan fingerprint density at radius 1 is 1.23 bits per heavy atom. The molecule has 1 aliphatic heterocycles. The molecule has 2 aromatic heterocycles. The Kier molecular flexibility index (Phi) is 4.48.